The van der Waals surface area contributed by atoms with E-state index in [2.05, 4.69) is 10.1 Å². The van der Waals surface area contributed by atoms with Gasteiger partial charge in [0.1, 0.15) is 5.69 Å². The van der Waals surface area contributed by atoms with E-state index in [1.54, 1.807) is 11.7 Å². The Kier molecular flexibility index (Phi) is 2.37. The van der Waals surface area contributed by atoms with E-state index in [-0.39, 0.29) is 0 Å². The summed E-state index contributed by atoms with van der Waals surface area (Å²) in [6, 6.07) is 0. The fourth-order valence-corrected chi connectivity index (χ4v) is 1.66. The van der Waals surface area contributed by atoms with Gasteiger partial charge in [-0.05, 0) is 13.0 Å². The summed E-state index contributed by atoms with van der Waals surface area (Å²) in [6.45, 7) is 0.596. The summed E-state index contributed by atoms with van der Waals surface area (Å²) in [5, 5.41) is 5.66. The zero-order valence-corrected chi connectivity index (χ0v) is 7.75. The van der Waals surface area contributed by atoms with Gasteiger partial charge in [0.15, 0.2) is 5.76 Å². The third-order valence-corrected chi connectivity index (χ3v) is 2.31. The standard InChI is InChI=1S/C8H9N3OS/c9-2-1-6-3-11-12-8(6)7-4-13-5-10-7/h3-5H,1-2,9H2. The molecule has 0 radical (unpaired) electrons. The normalized spacial score (nSPS) is 10.5. The van der Waals surface area contributed by atoms with Crippen molar-refractivity contribution >= 4 is 11.3 Å². The van der Waals surface area contributed by atoms with Crippen LogP contribution in [0.25, 0.3) is 11.5 Å². The molecule has 0 unspecified atom stereocenters. The fourth-order valence-electron chi connectivity index (χ4n) is 1.13. The van der Waals surface area contributed by atoms with Crippen molar-refractivity contribution in [2.24, 2.45) is 5.73 Å². The first-order valence-corrected chi connectivity index (χ1v) is 4.88. The highest BCUT2D eigenvalue weighted by Crippen LogP contribution is 2.22. The van der Waals surface area contributed by atoms with Gasteiger partial charge >= 0.3 is 0 Å². The van der Waals surface area contributed by atoms with Crippen molar-refractivity contribution in [1.29, 1.82) is 0 Å². The first-order valence-electron chi connectivity index (χ1n) is 3.94. The summed E-state index contributed by atoms with van der Waals surface area (Å²) in [7, 11) is 0. The quantitative estimate of drug-likeness (QED) is 0.801. The minimum absolute atomic E-state index is 0.596. The second-order valence-electron chi connectivity index (χ2n) is 2.59. The van der Waals surface area contributed by atoms with E-state index < -0.39 is 0 Å². The Bertz CT molecular complexity index is 368. The Morgan fingerprint density at radius 1 is 1.54 bits per heavy atom. The maximum Gasteiger partial charge on any atom is 0.189 e. The summed E-state index contributed by atoms with van der Waals surface area (Å²) in [6.07, 6.45) is 2.47. The highest BCUT2D eigenvalue weighted by atomic mass is 32.1. The Morgan fingerprint density at radius 2 is 2.46 bits per heavy atom. The van der Waals surface area contributed by atoms with Gasteiger partial charge in [-0.2, -0.15) is 0 Å². The Hall–Kier alpha value is -1.20. The van der Waals surface area contributed by atoms with E-state index in [9.17, 15) is 0 Å². The molecule has 13 heavy (non-hydrogen) atoms. The first-order chi connectivity index (χ1) is 6.42. The number of nitrogens with two attached hydrogens (primary N) is 1. The molecule has 2 aromatic heterocycles. The van der Waals surface area contributed by atoms with Gasteiger partial charge in [-0.25, -0.2) is 4.98 Å². The first kappa shape index (κ1) is 8.40. The van der Waals surface area contributed by atoms with Gasteiger partial charge in [0.2, 0.25) is 0 Å². The molecule has 0 saturated heterocycles. The Labute approximate surface area is 79.4 Å². The van der Waals surface area contributed by atoms with Crippen LogP contribution < -0.4 is 5.73 Å². The highest BCUT2D eigenvalue weighted by Gasteiger charge is 2.10. The van der Waals surface area contributed by atoms with Crippen molar-refractivity contribution < 1.29 is 4.52 Å². The van der Waals surface area contributed by atoms with Crippen LogP contribution in [0.5, 0.6) is 0 Å². The molecule has 2 N–H and O–H groups in total. The molecule has 0 aliphatic carbocycles. The van der Waals surface area contributed by atoms with Crippen molar-refractivity contribution in [3.05, 3.63) is 22.7 Å². The highest BCUT2D eigenvalue weighted by molar-refractivity contribution is 7.07. The van der Waals surface area contributed by atoms with E-state index >= 15 is 0 Å². The van der Waals surface area contributed by atoms with Crippen molar-refractivity contribution in [3.8, 4) is 11.5 Å². The van der Waals surface area contributed by atoms with E-state index in [0.29, 0.717) is 6.54 Å². The molecule has 0 saturated carbocycles. The van der Waals surface area contributed by atoms with Crippen LogP contribution in [0.3, 0.4) is 0 Å². The number of thiazole rings is 1. The van der Waals surface area contributed by atoms with E-state index in [4.69, 9.17) is 10.3 Å². The molecule has 0 bridgehead atoms. The zero-order valence-electron chi connectivity index (χ0n) is 6.93. The number of nitrogens with zero attached hydrogens (tertiary/aromatic N) is 2. The summed E-state index contributed by atoms with van der Waals surface area (Å²) < 4.78 is 5.10. The summed E-state index contributed by atoms with van der Waals surface area (Å²) >= 11 is 1.53. The largest absolute Gasteiger partial charge is 0.354 e. The molecule has 0 spiro atoms. The maximum atomic E-state index is 5.45. The van der Waals surface area contributed by atoms with Crippen molar-refractivity contribution in [2.75, 3.05) is 6.54 Å². The molecule has 0 aromatic carbocycles. The van der Waals surface area contributed by atoms with Crippen molar-refractivity contribution in [2.45, 2.75) is 6.42 Å². The van der Waals surface area contributed by atoms with Crippen LogP contribution in [0.2, 0.25) is 0 Å². The number of hydrogen-bond donors (Lipinski definition) is 1. The van der Waals surface area contributed by atoms with Crippen LogP contribution in [0.1, 0.15) is 5.56 Å². The smallest absolute Gasteiger partial charge is 0.189 e. The third kappa shape index (κ3) is 1.61. The average molecular weight is 195 g/mol. The minimum atomic E-state index is 0.596. The second-order valence-corrected chi connectivity index (χ2v) is 3.31. The van der Waals surface area contributed by atoms with Crippen LogP contribution in [-0.4, -0.2) is 16.7 Å². The van der Waals surface area contributed by atoms with Gasteiger partial charge in [0.25, 0.3) is 0 Å². The van der Waals surface area contributed by atoms with Crippen LogP contribution in [0, 0.1) is 0 Å². The lowest BCUT2D eigenvalue weighted by atomic mass is 10.1. The molecule has 0 amide bonds. The summed E-state index contributed by atoms with van der Waals surface area (Å²) in [5.41, 5.74) is 9.08. The summed E-state index contributed by atoms with van der Waals surface area (Å²) in [4.78, 5) is 4.15. The number of rotatable bonds is 3. The molecule has 2 aromatic rings. The van der Waals surface area contributed by atoms with E-state index in [1.807, 2.05) is 5.38 Å². The van der Waals surface area contributed by atoms with Gasteiger partial charge in [-0.3, -0.25) is 0 Å². The fraction of sp³-hybridized carbons (Fsp3) is 0.250. The molecular weight excluding hydrogens is 186 g/mol. The lowest BCUT2D eigenvalue weighted by molar-refractivity contribution is 0.430. The second kappa shape index (κ2) is 3.68. The monoisotopic (exact) mass is 195 g/mol. The molecule has 2 rings (SSSR count). The van der Waals surface area contributed by atoms with Crippen LogP contribution in [-0.2, 0) is 6.42 Å². The molecule has 0 fully saturated rings. The zero-order chi connectivity index (χ0) is 9.10. The molecule has 0 aliphatic heterocycles. The molecule has 4 nitrogen and oxygen atoms in total. The lowest BCUT2D eigenvalue weighted by Crippen LogP contribution is -2.02. The number of aromatic nitrogens is 2. The molecule has 5 heteroatoms. The number of hydrogen-bond acceptors (Lipinski definition) is 5. The van der Waals surface area contributed by atoms with Crippen LogP contribution in [0.15, 0.2) is 21.6 Å². The predicted molar refractivity (Wildman–Crippen MR) is 50.4 cm³/mol. The van der Waals surface area contributed by atoms with Gasteiger partial charge in [0, 0.05) is 10.9 Å². The van der Waals surface area contributed by atoms with Crippen LogP contribution >= 0.6 is 11.3 Å². The Balaban J connectivity index is 2.35. The van der Waals surface area contributed by atoms with E-state index in [0.717, 1.165) is 23.4 Å². The van der Waals surface area contributed by atoms with Crippen LogP contribution in [0.4, 0.5) is 0 Å². The predicted octanol–water partition coefficient (Wildman–Crippen LogP) is 1.30. The molecule has 0 aliphatic rings. The van der Waals surface area contributed by atoms with Crippen molar-refractivity contribution in [3.63, 3.8) is 0 Å². The minimum Gasteiger partial charge on any atom is -0.354 e. The SMILES string of the molecule is NCCc1cnoc1-c1cscn1. The van der Waals surface area contributed by atoms with Crippen molar-refractivity contribution in [1.82, 2.24) is 10.1 Å². The molecular formula is C8H9N3OS. The van der Waals surface area contributed by atoms with E-state index in [1.165, 1.54) is 11.3 Å². The molecule has 68 valence electrons. The van der Waals surface area contributed by atoms with Gasteiger partial charge in [0.05, 0.1) is 11.7 Å². The lowest BCUT2D eigenvalue weighted by Gasteiger charge is -1.93. The summed E-state index contributed by atoms with van der Waals surface area (Å²) in [5.74, 6) is 0.742. The van der Waals surface area contributed by atoms with Gasteiger partial charge in [-0.1, -0.05) is 5.16 Å². The Morgan fingerprint density at radius 3 is 3.15 bits per heavy atom. The molecule has 0 atom stereocenters. The molecule has 2 heterocycles. The maximum absolute atomic E-state index is 5.45. The average Bonchev–Trinajstić information content (AvgIpc) is 2.71. The van der Waals surface area contributed by atoms with Gasteiger partial charge < -0.3 is 10.3 Å². The topological polar surface area (TPSA) is 64.9 Å². The third-order valence-electron chi connectivity index (χ3n) is 1.72. The van der Waals surface area contributed by atoms with Gasteiger partial charge in [-0.15, -0.1) is 11.3 Å².